The minimum absolute atomic E-state index is 0.0621. The Morgan fingerprint density at radius 3 is 2.45 bits per heavy atom. The van der Waals surface area contributed by atoms with Gasteiger partial charge in [-0.3, -0.25) is 19.8 Å². The van der Waals surface area contributed by atoms with Crippen LogP contribution in [0.2, 0.25) is 0 Å². The molecule has 1 atom stereocenters. The number of halogens is 3. The zero-order valence-corrected chi connectivity index (χ0v) is 22.6. The molecule has 1 heterocycles. The van der Waals surface area contributed by atoms with Crippen molar-refractivity contribution in [1.29, 1.82) is 5.41 Å². The molecule has 42 heavy (non-hydrogen) atoms. The second kappa shape index (κ2) is 13.2. The number of alkyl halides is 3. The van der Waals surface area contributed by atoms with Crippen LogP contribution >= 0.6 is 11.3 Å². The number of carbonyl (C=O) groups excluding carboxylic acids is 4. The maximum absolute atomic E-state index is 13.0. The molecule has 16 heteroatoms. The van der Waals surface area contributed by atoms with E-state index in [9.17, 15) is 37.1 Å². The fourth-order valence-electron chi connectivity index (χ4n) is 3.59. The van der Waals surface area contributed by atoms with Crippen molar-refractivity contribution >= 4 is 57.0 Å². The number of carboxylic acid groups (broad SMARTS) is 1. The molecular formula is C26H23F3N4O8S. The Hall–Kier alpha value is -4.86. The number of hydrogen-bond acceptors (Lipinski definition) is 10. The Balaban J connectivity index is 1.82. The summed E-state index contributed by atoms with van der Waals surface area (Å²) in [5, 5.41) is 20.0. The van der Waals surface area contributed by atoms with Gasteiger partial charge >= 0.3 is 24.1 Å². The maximum atomic E-state index is 13.0. The van der Waals surface area contributed by atoms with Gasteiger partial charge < -0.3 is 25.6 Å². The van der Waals surface area contributed by atoms with Crippen LogP contribution in [0.4, 0.5) is 13.2 Å². The fourth-order valence-corrected chi connectivity index (χ4v) is 4.46. The van der Waals surface area contributed by atoms with Gasteiger partial charge in [0.2, 0.25) is 5.78 Å². The number of nitrogens with zero attached hydrogens (tertiary/aromatic N) is 1. The van der Waals surface area contributed by atoms with E-state index in [1.807, 2.05) is 0 Å². The molecule has 5 N–H and O–H groups in total. The molecule has 0 aliphatic rings. The van der Waals surface area contributed by atoms with E-state index in [1.165, 1.54) is 35.6 Å². The number of benzene rings is 2. The zero-order valence-electron chi connectivity index (χ0n) is 21.7. The van der Waals surface area contributed by atoms with Crippen LogP contribution in [-0.2, 0) is 30.3 Å². The van der Waals surface area contributed by atoms with E-state index in [0.29, 0.717) is 5.52 Å². The number of hydrogen-bond donors (Lipinski definition) is 4. The Morgan fingerprint density at radius 2 is 1.81 bits per heavy atom. The first-order valence-corrected chi connectivity index (χ1v) is 12.8. The summed E-state index contributed by atoms with van der Waals surface area (Å²) in [5.74, 6) is -8.10. The molecule has 1 aromatic heterocycles. The molecule has 1 amide bonds. The summed E-state index contributed by atoms with van der Waals surface area (Å²) in [5.41, 5.74) is 6.66. The lowest BCUT2D eigenvalue weighted by molar-refractivity contribution is -0.201. The largest absolute Gasteiger partial charge is 0.491 e. The second-order valence-corrected chi connectivity index (χ2v) is 10.1. The summed E-state index contributed by atoms with van der Waals surface area (Å²) in [7, 11) is 0. The Bertz CT molecular complexity index is 1570. The number of nitrogens with one attached hydrogen (secondary N) is 2. The van der Waals surface area contributed by atoms with Gasteiger partial charge in [-0.05, 0) is 37.6 Å². The van der Waals surface area contributed by atoms with Gasteiger partial charge in [0.25, 0.3) is 5.91 Å². The number of esters is 2. The Labute approximate surface area is 239 Å². The predicted octanol–water partition coefficient (Wildman–Crippen LogP) is 2.67. The van der Waals surface area contributed by atoms with Gasteiger partial charge in [-0.25, -0.2) is 14.6 Å². The van der Waals surface area contributed by atoms with Gasteiger partial charge in [0.15, 0.2) is 0 Å². The monoisotopic (exact) mass is 608 g/mol. The number of ether oxygens (including phenoxy) is 2. The van der Waals surface area contributed by atoms with E-state index < -0.39 is 61.3 Å². The van der Waals surface area contributed by atoms with Crippen molar-refractivity contribution in [3.05, 3.63) is 58.1 Å². The molecule has 222 valence electrons. The summed E-state index contributed by atoms with van der Waals surface area (Å²) >= 11 is 1.35. The maximum Gasteiger partial charge on any atom is 0.491 e. The van der Waals surface area contributed by atoms with Crippen LogP contribution in [0.1, 0.15) is 39.3 Å². The Kier molecular flexibility index (Phi) is 9.95. The highest BCUT2D eigenvalue weighted by Crippen LogP contribution is 2.24. The van der Waals surface area contributed by atoms with Crippen LogP contribution in [0.25, 0.3) is 10.2 Å². The van der Waals surface area contributed by atoms with Gasteiger partial charge in [-0.1, -0.05) is 12.1 Å². The molecule has 0 saturated carbocycles. The lowest BCUT2D eigenvalue weighted by atomic mass is 10.0. The number of nitrogen functional groups attached to an aromatic ring is 1. The first-order valence-electron chi connectivity index (χ1n) is 12.0. The normalized spacial score (nSPS) is 11.9. The van der Waals surface area contributed by atoms with Crippen molar-refractivity contribution in [2.45, 2.75) is 38.4 Å². The number of ketones is 1. The van der Waals surface area contributed by atoms with Crippen molar-refractivity contribution in [3.8, 4) is 5.75 Å². The fraction of sp³-hybridized carbons (Fsp3) is 0.269. The van der Waals surface area contributed by atoms with Crippen LogP contribution in [-0.4, -0.2) is 64.3 Å². The first kappa shape index (κ1) is 31.7. The number of rotatable bonds is 12. The molecule has 12 nitrogen and oxygen atoms in total. The third kappa shape index (κ3) is 8.57. The average Bonchev–Trinajstić information content (AvgIpc) is 3.29. The first-order chi connectivity index (χ1) is 19.6. The number of amidine groups is 1. The number of Topliss-reactive ketones (excluding diaryl/α,β-unsaturated/α-hetero) is 1. The molecule has 0 saturated heterocycles. The van der Waals surface area contributed by atoms with Crippen LogP contribution < -0.4 is 15.8 Å². The minimum atomic E-state index is -5.38. The van der Waals surface area contributed by atoms with Gasteiger partial charge in [0.1, 0.15) is 18.2 Å². The predicted molar refractivity (Wildman–Crippen MR) is 141 cm³/mol. The average molecular weight is 609 g/mol. The number of nitrogens with two attached hydrogens (primary N) is 1. The summed E-state index contributed by atoms with van der Waals surface area (Å²) in [4.78, 5) is 63.1. The molecule has 0 bridgehead atoms. The molecule has 3 rings (SSSR count). The van der Waals surface area contributed by atoms with Gasteiger partial charge in [0, 0.05) is 29.5 Å². The van der Waals surface area contributed by atoms with Gasteiger partial charge in [-0.2, -0.15) is 13.2 Å². The van der Waals surface area contributed by atoms with E-state index in [0.717, 1.165) is 9.71 Å². The van der Waals surface area contributed by atoms with Gasteiger partial charge in [0.05, 0.1) is 21.3 Å². The highest BCUT2D eigenvalue weighted by molar-refractivity contribution is 7.18. The molecule has 0 radical (unpaired) electrons. The lowest BCUT2D eigenvalue weighted by Gasteiger charge is -2.21. The smallest absolute Gasteiger partial charge is 0.491 e. The highest BCUT2D eigenvalue weighted by atomic mass is 32.1. The number of aliphatic carboxylic acids is 1. The number of carboxylic acids is 1. The molecule has 0 spiro atoms. The summed E-state index contributed by atoms with van der Waals surface area (Å²) in [6, 6.07) is 7.60. The minimum Gasteiger partial charge on any atom is -0.491 e. The number of fused-ring (bicyclic) bond motifs is 1. The quantitative estimate of drug-likeness (QED) is 0.0779. The van der Waals surface area contributed by atoms with Crippen molar-refractivity contribution in [1.82, 2.24) is 10.3 Å². The second-order valence-electron chi connectivity index (χ2n) is 8.84. The van der Waals surface area contributed by atoms with E-state index in [-0.39, 0.29) is 34.7 Å². The molecular weight excluding hydrogens is 585 g/mol. The van der Waals surface area contributed by atoms with E-state index >= 15 is 0 Å². The molecule has 0 aliphatic carbocycles. The standard InChI is InChI=1S/C26H23F3N4O8S/c1-12-32-17-6-4-15(10-20(17)42-12)23(36)33-16(5-7-21(35)41-25(39)26(27,28)29)11-40-19-9-14(22(30)31)3-2-13(19)8-18(34)24(37)38/h2-4,6,9-10,16H,5,7-8,11H2,1H3,(H3,30,31)(H,33,36)(H,37,38)/t16-/m1/s1. The van der Waals surface area contributed by atoms with E-state index in [1.54, 1.807) is 19.1 Å². The third-order valence-electron chi connectivity index (χ3n) is 5.64. The number of aromatic nitrogens is 1. The number of carbonyl (C=O) groups is 5. The van der Waals surface area contributed by atoms with E-state index in [2.05, 4.69) is 15.0 Å². The van der Waals surface area contributed by atoms with Crippen LogP contribution in [0, 0.1) is 12.3 Å². The lowest BCUT2D eigenvalue weighted by Crippen LogP contribution is -2.40. The van der Waals surface area contributed by atoms with Crippen molar-refractivity contribution in [3.63, 3.8) is 0 Å². The number of thiazole rings is 1. The molecule has 3 aromatic rings. The summed E-state index contributed by atoms with van der Waals surface area (Å²) in [6.45, 7) is 1.36. The number of amides is 1. The SMILES string of the molecule is Cc1nc2ccc(C(=O)N[C@H](CCC(=O)OC(=O)C(F)(F)F)COc3cc(C(=N)N)ccc3CC(=O)C(=O)O)cc2s1. The highest BCUT2D eigenvalue weighted by Gasteiger charge is 2.42. The Morgan fingerprint density at radius 1 is 1.12 bits per heavy atom. The van der Waals surface area contributed by atoms with Crippen molar-refractivity contribution in [2.75, 3.05) is 6.61 Å². The third-order valence-corrected chi connectivity index (χ3v) is 6.57. The molecule has 2 aromatic carbocycles. The summed E-state index contributed by atoms with van der Waals surface area (Å²) < 4.78 is 47.6. The van der Waals surface area contributed by atoms with Gasteiger partial charge in [-0.15, -0.1) is 11.3 Å². The topological polar surface area (TPSA) is 199 Å². The summed E-state index contributed by atoms with van der Waals surface area (Å²) in [6.07, 6.45) is -7.03. The van der Waals surface area contributed by atoms with Crippen molar-refractivity contribution in [2.24, 2.45) is 5.73 Å². The van der Waals surface area contributed by atoms with Crippen LogP contribution in [0.5, 0.6) is 5.75 Å². The van der Waals surface area contributed by atoms with Crippen molar-refractivity contribution < 1.29 is 51.7 Å². The van der Waals surface area contributed by atoms with E-state index in [4.69, 9.17) is 21.0 Å². The molecule has 0 unspecified atom stereocenters. The van der Waals surface area contributed by atoms with Crippen LogP contribution in [0.3, 0.4) is 0 Å². The van der Waals surface area contributed by atoms with Crippen LogP contribution in [0.15, 0.2) is 36.4 Å². The zero-order chi connectivity index (χ0) is 31.2. The molecule has 0 aliphatic heterocycles. The molecule has 0 fully saturated rings. The number of aryl methyl sites for hydroxylation is 1.